The summed E-state index contributed by atoms with van der Waals surface area (Å²) < 4.78 is 4.96. The summed E-state index contributed by atoms with van der Waals surface area (Å²) in [5.74, 6) is -0.471. The third-order valence-electron chi connectivity index (χ3n) is 4.36. The summed E-state index contributed by atoms with van der Waals surface area (Å²) >= 11 is 6.28. The Labute approximate surface area is 145 Å². The van der Waals surface area contributed by atoms with Gasteiger partial charge in [0.2, 0.25) is 0 Å². The molecule has 1 fully saturated rings. The van der Waals surface area contributed by atoms with Gasteiger partial charge in [0.25, 0.3) is 0 Å². The van der Waals surface area contributed by atoms with Crippen LogP contribution in [0.15, 0.2) is 35.5 Å². The van der Waals surface area contributed by atoms with Crippen molar-refractivity contribution in [1.29, 1.82) is 0 Å². The smallest absolute Gasteiger partial charge is 0.338 e. The largest absolute Gasteiger partial charge is 0.466 e. The molecule has 2 heterocycles. The molecule has 1 aromatic carbocycles. The Morgan fingerprint density at radius 3 is 2.71 bits per heavy atom. The molecule has 128 valence electrons. The van der Waals surface area contributed by atoms with Gasteiger partial charge >= 0.3 is 12.0 Å². The highest BCUT2D eigenvalue weighted by Crippen LogP contribution is 2.32. The molecule has 7 heteroatoms. The average molecular weight is 350 g/mol. The molecule has 2 aliphatic rings. The minimum atomic E-state index is -0.627. The van der Waals surface area contributed by atoms with Gasteiger partial charge in [-0.05, 0) is 37.6 Å². The summed E-state index contributed by atoms with van der Waals surface area (Å²) in [6.45, 7) is 2.43. The molecular formula is C17H20ClN3O3. The van der Waals surface area contributed by atoms with Crippen molar-refractivity contribution in [3.8, 4) is 0 Å². The lowest BCUT2D eigenvalue weighted by atomic mass is 9.95. The van der Waals surface area contributed by atoms with Gasteiger partial charge in [0.1, 0.15) is 0 Å². The number of carbonyl (C=O) groups excluding carboxylic acids is 2. The number of amides is 2. The van der Waals surface area contributed by atoms with Gasteiger partial charge in [-0.1, -0.05) is 29.8 Å². The highest BCUT2D eigenvalue weighted by molar-refractivity contribution is 6.31. The predicted molar refractivity (Wildman–Crippen MR) is 90.6 cm³/mol. The van der Waals surface area contributed by atoms with Gasteiger partial charge in [-0.25, -0.2) is 9.59 Å². The van der Waals surface area contributed by atoms with Gasteiger partial charge in [0, 0.05) is 17.3 Å². The van der Waals surface area contributed by atoms with E-state index in [1.54, 1.807) is 18.2 Å². The Balaban J connectivity index is 2.03. The third-order valence-corrected chi connectivity index (χ3v) is 4.70. The number of nitrogens with one attached hydrogen (secondary N) is 2. The van der Waals surface area contributed by atoms with Crippen molar-refractivity contribution < 1.29 is 14.3 Å². The van der Waals surface area contributed by atoms with Crippen molar-refractivity contribution in [3.63, 3.8) is 0 Å². The molecule has 1 saturated heterocycles. The van der Waals surface area contributed by atoms with E-state index in [0.717, 1.165) is 25.9 Å². The maximum absolute atomic E-state index is 12.4. The SMILES string of the molecule is COC(=O)C1=C(CN2CCCC2)NC(=O)N[C@@H]1c1ccccc1Cl. The average Bonchev–Trinajstić information content (AvgIpc) is 3.07. The van der Waals surface area contributed by atoms with Crippen LogP contribution in [0.5, 0.6) is 0 Å². The van der Waals surface area contributed by atoms with Gasteiger partial charge in [-0.2, -0.15) is 0 Å². The van der Waals surface area contributed by atoms with E-state index in [9.17, 15) is 9.59 Å². The molecule has 3 rings (SSSR count). The van der Waals surface area contributed by atoms with Crippen molar-refractivity contribution in [2.45, 2.75) is 18.9 Å². The molecule has 0 unspecified atom stereocenters. The summed E-state index contributed by atoms with van der Waals surface area (Å²) in [6, 6.07) is 6.19. The number of halogens is 1. The van der Waals surface area contributed by atoms with E-state index in [4.69, 9.17) is 16.3 Å². The maximum Gasteiger partial charge on any atom is 0.338 e. The molecule has 6 nitrogen and oxygen atoms in total. The van der Waals surface area contributed by atoms with Crippen LogP contribution in [0, 0.1) is 0 Å². The highest BCUT2D eigenvalue weighted by Gasteiger charge is 2.35. The first-order chi connectivity index (χ1) is 11.6. The molecule has 1 atom stereocenters. The fourth-order valence-corrected chi connectivity index (χ4v) is 3.45. The van der Waals surface area contributed by atoms with E-state index in [2.05, 4.69) is 15.5 Å². The summed E-state index contributed by atoms with van der Waals surface area (Å²) in [4.78, 5) is 26.8. The lowest BCUT2D eigenvalue weighted by molar-refractivity contribution is -0.136. The number of esters is 1. The lowest BCUT2D eigenvalue weighted by Crippen LogP contribution is -2.48. The topological polar surface area (TPSA) is 70.7 Å². The first kappa shape index (κ1) is 16.8. The number of ether oxygens (including phenoxy) is 1. The van der Waals surface area contributed by atoms with Gasteiger partial charge in [-0.3, -0.25) is 4.90 Å². The summed E-state index contributed by atoms with van der Waals surface area (Å²) in [5, 5.41) is 6.05. The molecule has 0 bridgehead atoms. The zero-order valence-corrected chi connectivity index (χ0v) is 14.2. The fraction of sp³-hybridized carbons (Fsp3) is 0.412. The number of benzene rings is 1. The zero-order valence-electron chi connectivity index (χ0n) is 13.5. The Kier molecular flexibility index (Phi) is 5.06. The van der Waals surface area contributed by atoms with Crippen molar-refractivity contribution in [2.24, 2.45) is 0 Å². The molecule has 24 heavy (non-hydrogen) atoms. The monoisotopic (exact) mass is 349 g/mol. The number of nitrogens with zero attached hydrogens (tertiary/aromatic N) is 1. The van der Waals surface area contributed by atoms with Crippen LogP contribution in [0.25, 0.3) is 0 Å². The number of likely N-dealkylation sites (tertiary alicyclic amines) is 1. The summed E-state index contributed by atoms with van der Waals surface area (Å²) in [6.07, 6.45) is 2.25. The number of methoxy groups -OCH3 is 1. The first-order valence-corrected chi connectivity index (χ1v) is 8.33. The van der Waals surface area contributed by atoms with Crippen LogP contribution in [0.1, 0.15) is 24.4 Å². The van der Waals surface area contributed by atoms with Gasteiger partial charge in [0.05, 0.1) is 18.7 Å². The fourth-order valence-electron chi connectivity index (χ4n) is 3.20. The zero-order chi connectivity index (χ0) is 17.1. The molecule has 0 aromatic heterocycles. The van der Waals surface area contributed by atoms with Crippen LogP contribution < -0.4 is 10.6 Å². The second-order valence-corrected chi connectivity index (χ2v) is 6.33. The van der Waals surface area contributed by atoms with E-state index >= 15 is 0 Å². The van der Waals surface area contributed by atoms with Gasteiger partial charge in [-0.15, -0.1) is 0 Å². The summed E-state index contributed by atoms with van der Waals surface area (Å²) in [5.41, 5.74) is 1.66. The number of urea groups is 1. The third kappa shape index (κ3) is 3.39. The number of hydrogen-bond acceptors (Lipinski definition) is 4. The Bertz CT molecular complexity index is 683. The van der Waals surface area contributed by atoms with Crippen molar-refractivity contribution >= 4 is 23.6 Å². The first-order valence-electron chi connectivity index (χ1n) is 7.96. The molecule has 2 N–H and O–H groups in total. The quantitative estimate of drug-likeness (QED) is 0.818. The molecule has 2 amide bonds. The molecule has 0 aliphatic carbocycles. The molecule has 0 saturated carbocycles. The standard InChI is InChI=1S/C17H20ClN3O3/c1-24-16(22)14-13(10-21-8-4-5-9-21)19-17(23)20-15(14)11-6-2-3-7-12(11)18/h2-3,6-7,15H,4-5,8-10H2,1H3,(H2,19,20,23)/t15-/m1/s1. The van der Waals surface area contributed by atoms with Crippen LogP contribution in [-0.4, -0.2) is 43.6 Å². The Morgan fingerprint density at radius 2 is 2.04 bits per heavy atom. The van der Waals surface area contributed by atoms with Crippen molar-refractivity contribution in [1.82, 2.24) is 15.5 Å². The van der Waals surface area contributed by atoms with Gasteiger partial charge < -0.3 is 15.4 Å². The summed E-state index contributed by atoms with van der Waals surface area (Å²) in [7, 11) is 1.34. The van der Waals surface area contributed by atoms with Crippen molar-refractivity contribution in [3.05, 3.63) is 46.1 Å². The van der Waals surface area contributed by atoms with Crippen LogP contribution in [0.2, 0.25) is 5.02 Å². The van der Waals surface area contributed by atoms with E-state index in [1.807, 2.05) is 6.07 Å². The van der Waals surface area contributed by atoms with E-state index < -0.39 is 12.0 Å². The van der Waals surface area contributed by atoms with E-state index in [0.29, 0.717) is 28.4 Å². The number of hydrogen-bond donors (Lipinski definition) is 2. The normalized spacial score (nSPS) is 21.4. The maximum atomic E-state index is 12.4. The lowest BCUT2D eigenvalue weighted by Gasteiger charge is -2.31. The highest BCUT2D eigenvalue weighted by atomic mass is 35.5. The molecule has 1 aromatic rings. The van der Waals surface area contributed by atoms with Crippen LogP contribution in [0.3, 0.4) is 0 Å². The van der Waals surface area contributed by atoms with Crippen LogP contribution in [0.4, 0.5) is 4.79 Å². The minimum Gasteiger partial charge on any atom is -0.466 e. The second-order valence-electron chi connectivity index (χ2n) is 5.92. The Hall–Kier alpha value is -2.05. The van der Waals surface area contributed by atoms with E-state index in [1.165, 1.54) is 7.11 Å². The van der Waals surface area contributed by atoms with E-state index in [-0.39, 0.29) is 6.03 Å². The molecule has 0 spiro atoms. The van der Waals surface area contributed by atoms with Crippen LogP contribution in [-0.2, 0) is 9.53 Å². The molecule has 2 aliphatic heterocycles. The Morgan fingerprint density at radius 1 is 1.33 bits per heavy atom. The molecular weight excluding hydrogens is 330 g/mol. The predicted octanol–water partition coefficient (Wildman–Crippen LogP) is 2.22. The molecule has 0 radical (unpaired) electrons. The second kappa shape index (κ2) is 7.23. The minimum absolute atomic E-state index is 0.346. The number of rotatable bonds is 4. The van der Waals surface area contributed by atoms with Crippen molar-refractivity contribution in [2.75, 3.05) is 26.7 Å². The van der Waals surface area contributed by atoms with Gasteiger partial charge in [0.15, 0.2) is 0 Å². The van der Waals surface area contributed by atoms with Crippen LogP contribution >= 0.6 is 11.6 Å². The number of carbonyl (C=O) groups is 2.